The van der Waals surface area contributed by atoms with E-state index in [-0.39, 0.29) is 22.8 Å². The number of aryl methyl sites for hydroxylation is 2. The average molecular weight is 499 g/mol. The van der Waals surface area contributed by atoms with Gasteiger partial charge in [0.2, 0.25) is 11.7 Å². The molecular weight excluding hydrogens is 472 g/mol. The molecule has 3 aromatic rings. The third kappa shape index (κ3) is 6.57. The quantitative estimate of drug-likeness (QED) is 0.433. The second-order valence-electron chi connectivity index (χ2n) is 7.93. The lowest BCUT2D eigenvalue weighted by atomic mass is 10.1. The number of para-hydroxylation sites is 1. The number of carbonyl (C=O) groups excluding carboxylic acids is 3. The fraction of sp³-hybridized carbons (Fsp3) is 0.240. The number of sulfone groups is 1. The Morgan fingerprint density at radius 3 is 2.29 bits per heavy atom. The van der Waals surface area contributed by atoms with Gasteiger partial charge in [-0.2, -0.15) is 0 Å². The molecule has 3 rings (SSSR count). The summed E-state index contributed by atoms with van der Waals surface area (Å²) in [5.74, 6) is -2.90. The summed E-state index contributed by atoms with van der Waals surface area (Å²) in [6, 6.07) is 14.7. The van der Waals surface area contributed by atoms with E-state index in [1.165, 1.54) is 31.4 Å². The minimum Gasteiger partial charge on any atom is -0.457 e. The van der Waals surface area contributed by atoms with Gasteiger partial charge in [0.05, 0.1) is 23.5 Å². The second-order valence-corrected chi connectivity index (χ2v) is 9.92. The van der Waals surface area contributed by atoms with E-state index in [2.05, 4.69) is 10.6 Å². The Bertz CT molecular complexity index is 1310. The highest BCUT2D eigenvalue weighted by atomic mass is 32.2. The van der Waals surface area contributed by atoms with Gasteiger partial charge in [0, 0.05) is 11.3 Å². The third-order valence-corrected chi connectivity index (χ3v) is 6.88. The molecule has 2 aromatic carbocycles. The van der Waals surface area contributed by atoms with Crippen molar-refractivity contribution in [2.24, 2.45) is 0 Å². The molecule has 1 atom stereocenters. The minimum absolute atomic E-state index is 0.104. The molecule has 2 amide bonds. The van der Waals surface area contributed by atoms with Gasteiger partial charge in [-0.1, -0.05) is 36.4 Å². The largest absolute Gasteiger partial charge is 0.457 e. The van der Waals surface area contributed by atoms with Crippen molar-refractivity contribution in [3.8, 4) is 0 Å². The monoisotopic (exact) mass is 498 g/mol. The summed E-state index contributed by atoms with van der Waals surface area (Å²) in [6.45, 7) is 4.73. The van der Waals surface area contributed by atoms with Crippen LogP contribution in [-0.4, -0.2) is 38.9 Å². The maximum absolute atomic E-state index is 12.6. The normalized spacial score (nSPS) is 12.0. The first-order valence-electron chi connectivity index (χ1n) is 10.8. The fourth-order valence-electron chi connectivity index (χ4n) is 3.32. The van der Waals surface area contributed by atoms with Crippen molar-refractivity contribution in [3.05, 3.63) is 83.3 Å². The van der Waals surface area contributed by atoms with Crippen LogP contribution in [0, 0.1) is 13.8 Å². The lowest BCUT2D eigenvalue weighted by Crippen LogP contribution is -2.40. The van der Waals surface area contributed by atoms with Crippen molar-refractivity contribution in [3.63, 3.8) is 0 Å². The Kier molecular flexibility index (Phi) is 8.08. The molecule has 0 radical (unpaired) electrons. The predicted molar refractivity (Wildman–Crippen MR) is 128 cm³/mol. The molecule has 10 heteroatoms. The summed E-state index contributed by atoms with van der Waals surface area (Å²) in [4.78, 5) is 37.2. The molecule has 1 aromatic heterocycles. The number of anilines is 1. The summed E-state index contributed by atoms with van der Waals surface area (Å²) >= 11 is 0. The zero-order valence-electron chi connectivity index (χ0n) is 19.5. The smallest absolute Gasteiger partial charge is 0.375 e. The molecule has 0 bridgehead atoms. The van der Waals surface area contributed by atoms with Crippen molar-refractivity contribution in [2.75, 3.05) is 11.9 Å². The van der Waals surface area contributed by atoms with Gasteiger partial charge >= 0.3 is 5.97 Å². The van der Waals surface area contributed by atoms with Gasteiger partial charge in [-0.3, -0.25) is 9.59 Å². The minimum atomic E-state index is -3.73. The van der Waals surface area contributed by atoms with Gasteiger partial charge < -0.3 is 19.8 Å². The Labute approximate surface area is 203 Å². The molecule has 2 N–H and O–H groups in total. The number of nitrogens with one attached hydrogen (secondary N) is 2. The molecule has 1 unspecified atom stereocenters. The number of amides is 2. The van der Waals surface area contributed by atoms with Crippen LogP contribution in [0.4, 0.5) is 5.69 Å². The first kappa shape index (κ1) is 25.7. The highest BCUT2D eigenvalue weighted by Crippen LogP contribution is 2.21. The summed E-state index contributed by atoms with van der Waals surface area (Å²) in [7, 11) is -3.73. The number of hydrogen-bond acceptors (Lipinski definition) is 7. The van der Waals surface area contributed by atoms with E-state index in [1.807, 2.05) is 32.0 Å². The summed E-state index contributed by atoms with van der Waals surface area (Å²) in [5.41, 5.74) is 2.55. The zero-order valence-corrected chi connectivity index (χ0v) is 20.3. The maximum Gasteiger partial charge on any atom is 0.375 e. The van der Waals surface area contributed by atoms with Crippen LogP contribution in [0.15, 0.2) is 70.2 Å². The van der Waals surface area contributed by atoms with Crippen molar-refractivity contribution in [1.29, 1.82) is 0 Å². The summed E-state index contributed by atoms with van der Waals surface area (Å²) < 4.78 is 35.5. The van der Waals surface area contributed by atoms with Gasteiger partial charge in [0.25, 0.3) is 5.91 Å². The van der Waals surface area contributed by atoms with Crippen LogP contribution in [0.25, 0.3) is 0 Å². The Balaban J connectivity index is 1.56. The van der Waals surface area contributed by atoms with Gasteiger partial charge in [0.1, 0.15) is 0 Å². The molecule has 9 nitrogen and oxygen atoms in total. The second kappa shape index (κ2) is 11.0. The van der Waals surface area contributed by atoms with Gasteiger partial charge in [-0.05, 0) is 50.1 Å². The van der Waals surface area contributed by atoms with Gasteiger partial charge in [0.15, 0.2) is 15.9 Å². The average Bonchev–Trinajstić information content (AvgIpc) is 3.28. The first-order valence-corrected chi connectivity index (χ1v) is 12.4. The standard InChI is InChI=1S/C25H26N2O7S/c1-16-8-7-9-17(2)22(16)27-21(28)14-26-24(29)18(3)34-25(30)23-19(12-13-33-23)15-35(31,32)20-10-5-4-6-11-20/h4-13,18H,14-15H2,1-3H3,(H,26,29)(H,27,28). The van der Waals surface area contributed by atoms with Crippen LogP contribution >= 0.6 is 0 Å². The lowest BCUT2D eigenvalue weighted by Gasteiger charge is -2.14. The molecular formula is C25H26N2O7S. The molecule has 1 heterocycles. The molecule has 0 aliphatic heterocycles. The predicted octanol–water partition coefficient (Wildman–Crippen LogP) is 3.17. The van der Waals surface area contributed by atoms with Crippen molar-refractivity contribution in [1.82, 2.24) is 5.32 Å². The molecule has 0 saturated carbocycles. The topological polar surface area (TPSA) is 132 Å². The van der Waals surface area contributed by atoms with Crippen molar-refractivity contribution < 1.29 is 32.0 Å². The summed E-state index contributed by atoms with van der Waals surface area (Å²) in [5, 5.41) is 5.16. The van der Waals surface area contributed by atoms with Gasteiger partial charge in [-0.15, -0.1) is 0 Å². The SMILES string of the molecule is Cc1cccc(C)c1NC(=O)CNC(=O)C(C)OC(=O)c1occc1CS(=O)(=O)c1ccccc1. The van der Waals surface area contributed by atoms with Crippen LogP contribution in [0.1, 0.15) is 34.2 Å². The van der Waals surface area contributed by atoms with Crippen molar-refractivity contribution >= 4 is 33.3 Å². The summed E-state index contributed by atoms with van der Waals surface area (Å²) in [6.07, 6.45) is -0.0751. The molecule has 184 valence electrons. The van der Waals surface area contributed by atoms with Gasteiger partial charge in [-0.25, -0.2) is 13.2 Å². The zero-order chi connectivity index (χ0) is 25.6. The van der Waals surface area contributed by atoms with Crippen molar-refractivity contribution in [2.45, 2.75) is 37.5 Å². The van der Waals surface area contributed by atoms with E-state index in [0.29, 0.717) is 5.69 Å². The number of esters is 1. The number of carbonyl (C=O) groups is 3. The number of furan rings is 1. The number of ether oxygens (including phenoxy) is 1. The molecule has 0 aliphatic rings. The van der Waals surface area contributed by atoms with Crippen LogP contribution in [0.5, 0.6) is 0 Å². The number of rotatable bonds is 9. The van der Waals surface area contributed by atoms with E-state index >= 15 is 0 Å². The molecule has 0 saturated heterocycles. The fourth-order valence-corrected chi connectivity index (χ4v) is 4.69. The third-order valence-electron chi connectivity index (χ3n) is 5.20. The number of benzene rings is 2. The van der Waals surface area contributed by atoms with E-state index in [0.717, 1.165) is 11.1 Å². The number of hydrogen-bond donors (Lipinski definition) is 2. The van der Waals surface area contributed by atoms with E-state index in [1.54, 1.807) is 18.2 Å². The molecule has 0 spiro atoms. The van der Waals surface area contributed by atoms with Crippen LogP contribution in [0.2, 0.25) is 0 Å². The Morgan fingerprint density at radius 2 is 1.63 bits per heavy atom. The van der Waals surface area contributed by atoms with E-state index < -0.39 is 39.5 Å². The molecule has 35 heavy (non-hydrogen) atoms. The van der Waals surface area contributed by atoms with E-state index in [9.17, 15) is 22.8 Å². The van der Waals surface area contributed by atoms with Crippen LogP contribution < -0.4 is 10.6 Å². The van der Waals surface area contributed by atoms with Crippen LogP contribution in [0.3, 0.4) is 0 Å². The Hall–Kier alpha value is -3.92. The molecule has 0 fully saturated rings. The Morgan fingerprint density at radius 1 is 0.971 bits per heavy atom. The maximum atomic E-state index is 12.6. The highest BCUT2D eigenvalue weighted by molar-refractivity contribution is 7.90. The first-order chi connectivity index (χ1) is 16.6. The van der Waals surface area contributed by atoms with Crippen LogP contribution in [-0.2, 0) is 29.9 Å². The molecule has 0 aliphatic carbocycles. The van der Waals surface area contributed by atoms with E-state index in [4.69, 9.17) is 9.15 Å². The highest BCUT2D eigenvalue weighted by Gasteiger charge is 2.26. The lowest BCUT2D eigenvalue weighted by molar-refractivity contribution is -0.130.